The van der Waals surface area contributed by atoms with E-state index in [1.807, 2.05) is 12.3 Å². The maximum Gasteiger partial charge on any atom is 0.129 e. The molecule has 2 fully saturated rings. The van der Waals surface area contributed by atoms with Gasteiger partial charge in [0.1, 0.15) is 5.75 Å². The van der Waals surface area contributed by atoms with Crippen LogP contribution < -0.4 is 0 Å². The largest absolute Gasteiger partial charge is 0.507 e. The van der Waals surface area contributed by atoms with Gasteiger partial charge in [0, 0.05) is 11.3 Å². The molecule has 0 aromatic heterocycles. The number of thioether (sulfide) groups is 1. The standard InChI is InChI=1S/C26H32O2S/c1-25-12-10-19-20(9-8-18-14-23(27)24(29-2)15-21(18)19)22(25)11-13-26(25,28)16-17-6-4-3-5-7-17/h3-7,14-15,19-20,22,27-28H,8-13,16H2,1-2H3. The zero-order valence-electron chi connectivity index (χ0n) is 17.5. The Bertz CT molecular complexity index is 910. The van der Waals surface area contributed by atoms with Crippen LogP contribution >= 0.6 is 11.8 Å². The first-order valence-electron chi connectivity index (χ1n) is 11.1. The summed E-state index contributed by atoms with van der Waals surface area (Å²) in [5, 5.41) is 22.2. The molecule has 154 valence electrons. The molecular formula is C26H32O2S. The van der Waals surface area contributed by atoms with Crippen molar-refractivity contribution in [2.45, 2.75) is 68.3 Å². The van der Waals surface area contributed by atoms with Crippen LogP contribution in [-0.4, -0.2) is 22.1 Å². The van der Waals surface area contributed by atoms with Gasteiger partial charge in [0.05, 0.1) is 5.60 Å². The van der Waals surface area contributed by atoms with Crippen molar-refractivity contribution in [1.82, 2.24) is 0 Å². The predicted octanol–water partition coefficient (Wildman–Crippen LogP) is 5.94. The van der Waals surface area contributed by atoms with Crippen LogP contribution in [0.5, 0.6) is 5.75 Å². The van der Waals surface area contributed by atoms with Gasteiger partial charge >= 0.3 is 0 Å². The second kappa shape index (κ2) is 7.06. The average Bonchev–Trinajstić information content (AvgIpc) is 2.98. The molecule has 0 amide bonds. The van der Waals surface area contributed by atoms with Crippen molar-refractivity contribution in [3.63, 3.8) is 0 Å². The Hall–Kier alpha value is -1.45. The van der Waals surface area contributed by atoms with Crippen LogP contribution in [0.3, 0.4) is 0 Å². The van der Waals surface area contributed by atoms with Crippen LogP contribution in [0.25, 0.3) is 0 Å². The van der Waals surface area contributed by atoms with Gasteiger partial charge in [-0.3, -0.25) is 0 Å². The van der Waals surface area contributed by atoms with E-state index in [4.69, 9.17) is 0 Å². The maximum atomic E-state index is 11.9. The molecule has 29 heavy (non-hydrogen) atoms. The van der Waals surface area contributed by atoms with Gasteiger partial charge < -0.3 is 10.2 Å². The van der Waals surface area contributed by atoms with Crippen LogP contribution in [-0.2, 0) is 12.8 Å². The van der Waals surface area contributed by atoms with E-state index < -0.39 is 5.60 Å². The lowest BCUT2D eigenvalue weighted by Gasteiger charge is -2.53. The number of fused-ring (bicyclic) bond motifs is 5. The van der Waals surface area contributed by atoms with E-state index in [0.29, 0.717) is 23.5 Å². The Kier molecular flexibility index (Phi) is 4.75. The number of phenolic OH excluding ortho intramolecular Hbond substituents is 1. The molecule has 0 saturated heterocycles. The van der Waals surface area contributed by atoms with Gasteiger partial charge in [-0.05, 0) is 96.8 Å². The monoisotopic (exact) mass is 408 g/mol. The first-order valence-corrected chi connectivity index (χ1v) is 12.3. The van der Waals surface area contributed by atoms with Gasteiger partial charge in [-0.15, -0.1) is 11.8 Å². The first kappa shape index (κ1) is 19.5. The molecule has 2 N–H and O–H groups in total. The topological polar surface area (TPSA) is 40.5 Å². The molecule has 3 aliphatic carbocycles. The summed E-state index contributed by atoms with van der Waals surface area (Å²) in [5.74, 6) is 2.27. The lowest BCUT2D eigenvalue weighted by Crippen LogP contribution is -2.51. The van der Waals surface area contributed by atoms with E-state index >= 15 is 0 Å². The van der Waals surface area contributed by atoms with Gasteiger partial charge in [0.25, 0.3) is 0 Å². The minimum absolute atomic E-state index is 0.000761. The van der Waals surface area contributed by atoms with Gasteiger partial charge in [-0.2, -0.15) is 0 Å². The highest BCUT2D eigenvalue weighted by Crippen LogP contribution is 2.65. The fourth-order valence-corrected chi connectivity index (χ4v) is 7.60. The normalized spacial score (nSPS) is 35.6. The minimum atomic E-state index is -0.594. The molecule has 0 aliphatic heterocycles. The Morgan fingerprint density at radius 1 is 1.07 bits per heavy atom. The molecule has 5 unspecified atom stereocenters. The molecule has 0 bridgehead atoms. The highest BCUT2D eigenvalue weighted by Gasteiger charge is 2.61. The molecule has 2 aromatic carbocycles. The maximum absolute atomic E-state index is 11.9. The average molecular weight is 409 g/mol. The van der Waals surface area contributed by atoms with E-state index in [2.05, 4.69) is 43.3 Å². The second-order valence-electron chi connectivity index (χ2n) is 9.83. The lowest BCUT2D eigenvalue weighted by molar-refractivity contribution is -0.102. The molecule has 3 heteroatoms. The molecule has 0 heterocycles. The Morgan fingerprint density at radius 3 is 2.62 bits per heavy atom. The van der Waals surface area contributed by atoms with Crippen LogP contribution in [0.4, 0.5) is 0 Å². The zero-order chi connectivity index (χ0) is 20.2. The molecule has 0 spiro atoms. The van der Waals surface area contributed by atoms with Crippen molar-refractivity contribution in [3.05, 3.63) is 59.2 Å². The number of aryl methyl sites for hydroxylation is 1. The van der Waals surface area contributed by atoms with Crippen molar-refractivity contribution in [1.29, 1.82) is 0 Å². The van der Waals surface area contributed by atoms with Gasteiger partial charge in [0.15, 0.2) is 0 Å². The summed E-state index contributed by atoms with van der Waals surface area (Å²) in [4.78, 5) is 1.00. The summed E-state index contributed by atoms with van der Waals surface area (Å²) in [7, 11) is 0. The van der Waals surface area contributed by atoms with Gasteiger partial charge in [0.2, 0.25) is 0 Å². The number of benzene rings is 2. The summed E-state index contributed by atoms with van der Waals surface area (Å²) in [6.45, 7) is 2.38. The van der Waals surface area contributed by atoms with Crippen molar-refractivity contribution in [2.75, 3.05) is 6.26 Å². The summed E-state index contributed by atoms with van der Waals surface area (Å²) in [6, 6.07) is 14.8. The quantitative estimate of drug-likeness (QED) is 0.617. The predicted molar refractivity (Wildman–Crippen MR) is 120 cm³/mol. The molecule has 2 saturated carbocycles. The summed E-state index contributed by atoms with van der Waals surface area (Å²) >= 11 is 1.64. The molecule has 3 aliphatic rings. The van der Waals surface area contributed by atoms with E-state index in [1.165, 1.54) is 23.1 Å². The summed E-state index contributed by atoms with van der Waals surface area (Å²) in [5.41, 5.74) is 3.49. The third-order valence-electron chi connectivity index (χ3n) is 8.69. The van der Waals surface area contributed by atoms with E-state index in [9.17, 15) is 10.2 Å². The molecule has 2 nitrogen and oxygen atoms in total. The number of aromatic hydroxyl groups is 1. The van der Waals surface area contributed by atoms with Gasteiger partial charge in [-0.1, -0.05) is 37.3 Å². The van der Waals surface area contributed by atoms with Gasteiger partial charge in [-0.25, -0.2) is 0 Å². The number of hydrogen-bond acceptors (Lipinski definition) is 3. The first-order chi connectivity index (χ1) is 13.9. The number of rotatable bonds is 3. The molecule has 5 rings (SSSR count). The smallest absolute Gasteiger partial charge is 0.129 e. The molecule has 5 atom stereocenters. The van der Waals surface area contributed by atoms with Crippen molar-refractivity contribution < 1.29 is 10.2 Å². The second-order valence-corrected chi connectivity index (χ2v) is 10.7. The van der Waals surface area contributed by atoms with Crippen LogP contribution in [0, 0.1) is 17.3 Å². The summed E-state index contributed by atoms with van der Waals surface area (Å²) < 4.78 is 0. The number of phenols is 1. The van der Waals surface area contributed by atoms with E-state index in [1.54, 1.807) is 11.8 Å². The zero-order valence-corrected chi connectivity index (χ0v) is 18.3. The fraction of sp³-hybridized carbons (Fsp3) is 0.538. The minimum Gasteiger partial charge on any atom is -0.507 e. The van der Waals surface area contributed by atoms with Crippen LogP contribution in [0.2, 0.25) is 0 Å². The fourth-order valence-electron chi connectivity index (χ4n) is 7.09. The molecule has 2 aromatic rings. The molecule has 0 radical (unpaired) electrons. The molecular weight excluding hydrogens is 376 g/mol. The van der Waals surface area contributed by atoms with Crippen LogP contribution in [0.15, 0.2) is 47.4 Å². The number of hydrogen-bond donors (Lipinski definition) is 2. The highest BCUT2D eigenvalue weighted by atomic mass is 32.2. The third kappa shape index (κ3) is 2.96. The highest BCUT2D eigenvalue weighted by molar-refractivity contribution is 7.98. The third-order valence-corrected chi connectivity index (χ3v) is 9.45. The van der Waals surface area contributed by atoms with E-state index in [0.717, 1.165) is 43.4 Å². The Morgan fingerprint density at radius 2 is 1.86 bits per heavy atom. The van der Waals surface area contributed by atoms with Crippen LogP contribution in [0.1, 0.15) is 61.6 Å². The Labute approximate surface area is 178 Å². The number of aliphatic hydroxyl groups is 1. The van der Waals surface area contributed by atoms with Crippen molar-refractivity contribution in [2.24, 2.45) is 17.3 Å². The van der Waals surface area contributed by atoms with Crippen molar-refractivity contribution in [3.8, 4) is 5.75 Å². The lowest BCUT2D eigenvalue weighted by atomic mass is 9.53. The Balaban J connectivity index is 1.46. The van der Waals surface area contributed by atoms with Crippen molar-refractivity contribution >= 4 is 11.8 Å². The summed E-state index contributed by atoms with van der Waals surface area (Å²) in [6.07, 6.45) is 9.38. The van der Waals surface area contributed by atoms with E-state index in [-0.39, 0.29) is 5.41 Å². The SMILES string of the molecule is CSc1cc2c(cc1O)CCC1C2CCC2(C)C1CCC2(O)Cc1ccccc1.